The first-order chi connectivity index (χ1) is 13.5. The number of carbonyl (C=O) groups is 1. The Kier molecular flexibility index (Phi) is 5.28. The molecule has 1 aromatic carbocycles. The maximum atomic E-state index is 13.2. The van der Waals surface area contributed by atoms with Gasteiger partial charge in [0.2, 0.25) is 5.91 Å². The van der Waals surface area contributed by atoms with Crippen molar-refractivity contribution in [2.45, 2.75) is 51.5 Å². The second kappa shape index (κ2) is 7.70. The molecule has 5 heteroatoms. The third-order valence-electron chi connectivity index (χ3n) is 6.38. The van der Waals surface area contributed by atoms with Crippen LogP contribution in [0, 0.1) is 25.6 Å². The van der Waals surface area contributed by atoms with Gasteiger partial charge in [0.1, 0.15) is 17.3 Å². The number of halogens is 1. The Morgan fingerprint density at radius 1 is 1.21 bits per heavy atom. The van der Waals surface area contributed by atoms with Crippen molar-refractivity contribution in [3.8, 4) is 0 Å². The van der Waals surface area contributed by atoms with Gasteiger partial charge in [0, 0.05) is 18.7 Å². The molecule has 1 N–H and O–H groups in total. The second-order valence-electron chi connectivity index (χ2n) is 8.46. The van der Waals surface area contributed by atoms with Crippen LogP contribution in [-0.4, -0.2) is 30.4 Å². The quantitative estimate of drug-likeness (QED) is 0.816. The van der Waals surface area contributed by atoms with Crippen molar-refractivity contribution in [3.05, 3.63) is 58.8 Å². The minimum atomic E-state index is -0.426. The molecule has 150 valence electrons. The summed E-state index contributed by atoms with van der Waals surface area (Å²) >= 11 is 0. The van der Waals surface area contributed by atoms with E-state index in [4.69, 9.17) is 4.42 Å². The topological polar surface area (TPSA) is 45.5 Å². The van der Waals surface area contributed by atoms with E-state index in [1.165, 1.54) is 17.7 Å². The summed E-state index contributed by atoms with van der Waals surface area (Å²) in [5, 5.41) is 3.18. The zero-order chi connectivity index (χ0) is 19.7. The average molecular weight is 384 g/mol. The Morgan fingerprint density at radius 3 is 2.46 bits per heavy atom. The predicted molar refractivity (Wildman–Crippen MR) is 107 cm³/mol. The molecule has 4 nitrogen and oxygen atoms in total. The van der Waals surface area contributed by atoms with Crippen LogP contribution in [-0.2, 0) is 16.8 Å². The summed E-state index contributed by atoms with van der Waals surface area (Å²) in [5.41, 5.74) is 1.79. The summed E-state index contributed by atoms with van der Waals surface area (Å²) in [5.74, 6) is 2.36. The molecule has 0 radical (unpaired) electrons. The molecule has 0 atom stereocenters. The Morgan fingerprint density at radius 2 is 1.89 bits per heavy atom. The first-order valence-electron chi connectivity index (χ1n) is 10.3. The first-order valence-corrected chi connectivity index (χ1v) is 10.3. The normalized spacial score (nSPS) is 19.5. The number of benzene rings is 1. The van der Waals surface area contributed by atoms with E-state index in [2.05, 4.69) is 16.3 Å². The van der Waals surface area contributed by atoms with Gasteiger partial charge in [-0.05, 0) is 82.3 Å². The summed E-state index contributed by atoms with van der Waals surface area (Å²) in [4.78, 5) is 15.2. The molecule has 4 rings (SSSR count). The van der Waals surface area contributed by atoms with E-state index >= 15 is 0 Å². The van der Waals surface area contributed by atoms with Gasteiger partial charge in [-0.3, -0.25) is 9.69 Å². The number of piperidine rings is 1. The fourth-order valence-electron chi connectivity index (χ4n) is 4.38. The summed E-state index contributed by atoms with van der Waals surface area (Å²) < 4.78 is 18.8. The summed E-state index contributed by atoms with van der Waals surface area (Å²) in [6.45, 7) is 7.79. The van der Waals surface area contributed by atoms with Crippen LogP contribution < -0.4 is 5.32 Å². The second-order valence-corrected chi connectivity index (χ2v) is 8.46. The van der Waals surface area contributed by atoms with Gasteiger partial charge >= 0.3 is 0 Å². The van der Waals surface area contributed by atoms with Crippen molar-refractivity contribution < 1.29 is 13.6 Å². The van der Waals surface area contributed by atoms with Crippen LogP contribution >= 0.6 is 0 Å². The number of nitrogens with zero attached hydrogens (tertiary/aromatic N) is 1. The van der Waals surface area contributed by atoms with Crippen LogP contribution in [0.4, 0.5) is 4.39 Å². The molecule has 1 saturated heterocycles. The predicted octanol–water partition coefficient (Wildman–Crippen LogP) is 4.10. The summed E-state index contributed by atoms with van der Waals surface area (Å²) in [6, 6.07) is 8.52. The molecule has 2 aromatic rings. The minimum absolute atomic E-state index is 0.103. The highest BCUT2D eigenvalue weighted by atomic mass is 19.1. The highest BCUT2D eigenvalue weighted by Crippen LogP contribution is 2.48. The van der Waals surface area contributed by atoms with Gasteiger partial charge in [0.15, 0.2) is 0 Å². The van der Waals surface area contributed by atoms with E-state index in [1.807, 2.05) is 13.8 Å². The van der Waals surface area contributed by atoms with Crippen molar-refractivity contribution in [2.24, 2.45) is 5.92 Å². The largest absolute Gasteiger partial charge is 0.466 e. The van der Waals surface area contributed by atoms with Gasteiger partial charge in [-0.15, -0.1) is 0 Å². The SMILES string of the molecule is Cc1cc(CN2CCC(CNC(=O)C3(c4ccc(F)cc4)CC3)CC2)c(C)o1. The van der Waals surface area contributed by atoms with Crippen molar-refractivity contribution in [3.63, 3.8) is 0 Å². The lowest BCUT2D eigenvalue weighted by Crippen LogP contribution is -2.41. The molecule has 1 aromatic heterocycles. The van der Waals surface area contributed by atoms with E-state index in [0.29, 0.717) is 5.92 Å². The van der Waals surface area contributed by atoms with Crippen LogP contribution in [0.15, 0.2) is 34.7 Å². The molecule has 1 aliphatic heterocycles. The van der Waals surface area contributed by atoms with Gasteiger partial charge in [0.25, 0.3) is 0 Å². The number of hydrogen-bond acceptors (Lipinski definition) is 3. The van der Waals surface area contributed by atoms with E-state index in [1.54, 1.807) is 12.1 Å². The van der Waals surface area contributed by atoms with E-state index < -0.39 is 5.41 Å². The highest BCUT2D eigenvalue weighted by molar-refractivity contribution is 5.91. The Bertz CT molecular complexity index is 831. The maximum absolute atomic E-state index is 13.2. The number of furan rings is 1. The summed E-state index contributed by atoms with van der Waals surface area (Å²) in [7, 11) is 0. The lowest BCUT2D eigenvalue weighted by atomic mass is 9.93. The zero-order valence-corrected chi connectivity index (χ0v) is 16.8. The lowest BCUT2D eigenvalue weighted by Gasteiger charge is -2.32. The van der Waals surface area contributed by atoms with E-state index in [-0.39, 0.29) is 11.7 Å². The van der Waals surface area contributed by atoms with Crippen molar-refractivity contribution in [1.29, 1.82) is 0 Å². The third kappa shape index (κ3) is 4.00. The van der Waals surface area contributed by atoms with E-state index in [9.17, 15) is 9.18 Å². The molecule has 28 heavy (non-hydrogen) atoms. The molecule has 2 heterocycles. The monoisotopic (exact) mass is 384 g/mol. The molecule has 0 spiro atoms. The van der Waals surface area contributed by atoms with Crippen molar-refractivity contribution >= 4 is 5.91 Å². The Labute approximate surface area is 166 Å². The molecule has 0 unspecified atom stereocenters. The van der Waals surface area contributed by atoms with Crippen molar-refractivity contribution in [1.82, 2.24) is 10.2 Å². The van der Waals surface area contributed by atoms with Crippen LogP contribution in [0.2, 0.25) is 0 Å². The lowest BCUT2D eigenvalue weighted by molar-refractivity contribution is -0.123. The van der Waals surface area contributed by atoms with Crippen molar-refractivity contribution in [2.75, 3.05) is 19.6 Å². The first kappa shape index (κ1) is 19.2. The van der Waals surface area contributed by atoms with E-state index in [0.717, 1.165) is 68.9 Å². The molecule has 1 amide bonds. The third-order valence-corrected chi connectivity index (χ3v) is 6.38. The molecule has 1 saturated carbocycles. The molecular weight excluding hydrogens is 355 g/mol. The van der Waals surface area contributed by atoms with Crippen LogP contribution in [0.3, 0.4) is 0 Å². The molecule has 0 bridgehead atoms. The standard InChI is InChI=1S/C23H29FN2O2/c1-16-13-19(17(2)28-16)15-26-11-7-18(8-12-26)14-25-22(27)23(9-10-23)20-3-5-21(24)6-4-20/h3-6,13,18H,7-12,14-15H2,1-2H3,(H,25,27). The molecular formula is C23H29FN2O2. The number of carbonyl (C=O) groups excluding carboxylic acids is 1. The number of likely N-dealkylation sites (tertiary alicyclic amines) is 1. The minimum Gasteiger partial charge on any atom is -0.466 e. The van der Waals surface area contributed by atoms with Gasteiger partial charge in [-0.2, -0.15) is 0 Å². The number of rotatable bonds is 6. The van der Waals surface area contributed by atoms with Gasteiger partial charge in [-0.25, -0.2) is 4.39 Å². The molecule has 2 fully saturated rings. The van der Waals surface area contributed by atoms with Crippen LogP contribution in [0.25, 0.3) is 0 Å². The maximum Gasteiger partial charge on any atom is 0.230 e. The Balaban J connectivity index is 1.25. The average Bonchev–Trinajstić information content (AvgIpc) is 3.43. The van der Waals surface area contributed by atoms with Crippen LogP contribution in [0.5, 0.6) is 0 Å². The number of hydrogen-bond donors (Lipinski definition) is 1. The fourth-order valence-corrected chi connectivity index (χ4v) is 4.38. The fraction of sp³-hybridized carbons (Fsp3) is 0.522. The van der Waals surface area contributed by atoms with Gasteiger partial charge < -0.3 is 9.73 Å². The smallest absolute Gasteiger partial charge is 0.230 e. The van der Waals surface area contributed by atoms with Gasteiger partial charge in [0.05, 0.1) is 5.41 Å². The summed E-state index contributed by atoms with van der Waals surface area (Å²) in [6.07, 6.45) is 3.90. The van der Waals surface area contributed by atoms with Crippen LogP contribution in [0.1, 0.15) is 48.3 Å². The molecule has 2 aliphatic rings. The van der Waals surface area contributed by atoms with Gasteiger partial charge in [-0.1, -0.05) is 12.1 Å². The Hall–Kier alpha value is -2.14. The zero-order valence-electron chi connectivity index (χ0n) is 16.8. The highest BCUT2D eigenvalue weighted by Gasteiger charge is 2.51. The number of amides is 1. The molecule has 1 aliphatic carbocycles. The number of aryl methyl sites for hydroxylation is 2. The number of nitrogens with one attached hydrogen (secondary N) is 1.